The summed E-state index contributed by atoms with van der Waals surface area (Å²) in [5.74, 6) is -2.22. The summed E-state index contributed by atoms with van der Waals surface area (Å²) in [6.45, 7) is 1.97. The van der Waals surface area contributed by atoms with Crippen molar-refractivity contribution in [2.75, 3.05) is 5.32 Å². The molecule has 0 bridgehead atoms. The molecule has 2 rings (SSSR count). The van der Waals surface area contributed by atoms with Crippen LogP contribution in [0.5, 0.6) is 0 Å². The number of carboxylic acid groups (broad SMARTS) is 2. The molecule has 6 heteroatoms. The number of anilines is 1. The fraction of sp³-hybridized carbons (Fsp3) is 0.333. The zero-order chi connectivity index (χ0) is 15.6. The van der Waals surface area contributed by atoms with Crippen LogP contribution in [0.3, 0.4) is 0 Å². The molecule has 4 N–H and O–H groups in total. The molecular formula is C15H17NO5. The van der Waals surface area contributed by atoms with Gasteiger partial charge in [0.2, 0.25) is 0 Å². The second-order valence-electron chi connectivity index (χ2n) is 4.94. The van der Waals surface area contributed by atoms with Crippen molar-refractivity contribution in [2.24, 2.45) is 0 Å². The third-order valence-electron chi connectivity index (χ3n) is 3.52. The molecule has 0 saturated heterocycles. The first-order chi connectivity index (χ1) is 9.95. The van der Waals surface area contributed by atoms with E-state index in [0.29, 0.717) is 23.2 Å². The molecule has 0 radical (unpaired) electrons. The summed E-state index contributed by atoms with van der Waals surface area (Å²) in [4.78, 5) is 22.3. The highest BCUT2D eigenvalue weighted by molar-refractivity contribution is 5.94. The summed E-state index contributed by atoms with van der Waals surface area (Å²) < 4.78 is 0. The Bertz CT molecular complexity index is 620. The van der Waals surface area contributed by atoms with Gasteiger partial charge >= 0.3 is 11.9 Å². The van der Waals surface area contributed by atoms with Gasteiger partial charge in [0, 0.05) is 11.3 Å². The Balaban J connectivity index is 2.46. The van der Waals surface area contributed by atoms with E-state index in [-0.39, 0.29) is 11.3 Å². The molecule has 0 fully saturated rings. The van der Waals surface area contributed by atoms with E-state index in [1.807, 2.05) is 6.92 Å². The van der Waals surface area contributed by atoms with E-state index in [4.69, 9.17) is 5.11 Å². The number of carbonyl (C=O) groups is 2. The maximum atomic E-state index is 11.3. The normalized spacial score (nSPS) is 17.1. The molecule has 1 aliphatic heterocycles. The SMILES string of the molecule is CCCCC1=C(C(=O)O)Nc2ccc(C(=O)O)cc2C1O. The van der Waals surface area contributed by atoms with Crippen molar-refractivity contribution in [1.29, 1.82) is 0 Å². The number of aliphatic hydroxyl groups is 1. The summed E-state index contributed by atoms with van der Waals surface area (Å²) in [5, 5.41) is 31.5. The maximum absolute atomic E-state index is 11.3. The number of rotatable bonds is 5. The number of unbranched alkanes of at least 4 members (excludes halogenated alkanes) is 1. The van der Waals surface area contributed by atoms with E-state index in [0.717, 1.165) is 12.8 Å². The number of aromatic carboxylic acids is 1. The number of carboxylic acids is 2. The van der Waals surface area contributed by atoms with E-state index >= 15 is 0 Å². The largest absolute Gasteiger partial charge is 0.478 e. The first-order valence-electron chi connectivity index (χ1n) is 6.74. The molecule has 21 heavy (non-hydrogen) atoms. The lowest BCUT2D eigenvalue weighted by atomic mass is 9.90. The lowest BCUT2D eigenvalue weighted by Gasteiger charge is -2.27. The summed E-state index contributed by atoms with van der Waals surface area (Å²) in [6, 6.07) is 4.22. The molecule has 0 aromatic heterocycles. The smallest absolute Gasteiger partial charge is 0.352 e. The van der Waals surface area contributed by atoms with E-state index in [9.17, 15) is 19.8 Å². The van der Waals surface area contributed by atoms with Crippen molar-refractivity contribution in [3.8, 4) is 0 Å². The van der Waals surface area contributed by atoms with Gasteiger partial charge in [-0.2, -0.15) is 0 Å². The molecule has 1 atom stereocenters. The van der Waals surface area contributed by atoms with Crippen molar-refractivity contribution >= 4 is 17.6 Å². The van der Waals surface area contributed by atoms with Crippen LogP contribution in [-0.4, -0.2) is 27.3 Å². The van der Waals surface area contributed by atoms with Gasteiger partial charge in [0.05, 0.1) is 5.56 Å². The van der Waals surface area contributed by atoms with Crippen LogP contribution in [0.15, 0.2) is 29.5 Å². The van der Waals surface area contributed by atoms with Crippen LogP contribution in [0.4, 0.5) is 5.69 Å². The fourth-order valence-electron chi connectivity index (χ4n) is 2.39. The minimum atomic E-state index is -1.13. The van der Waals surface area contributed by atoms with Gasteiger partial charge in [-0.05, 0) is 36.6 Å². The average Bonchev–Trinajstić information content (AvgIpc) is 2.45. The summed E-state index contributed by atoms with van der Waals surface area (Å²) >= 11 is 0. The molecule has 0 aliphatic carbocycles. The van der Waals surface area contributed by atoms with Crippen LogP contribution in [0, 0.1) is 0 Å². The van der Waals surface area contributed by atoms with Crippen molar-refractivity contribution in [3.05, 3.63) is 40.6 Å². The fourth-order valence-corrected chi connectivity index (χ4v) is 2.39. The second-order valence-corrected chi connectivity index (χ2v) is 4.94. The van der Waals surface area contributed by atoms with Crippen LogP contribution in [-0.2, 0) is 4.79 Å². The number of hydrogen-bond donors (Lipinski definition) is 4. The Hall–Kier alpha value is -2.34. The molecule has 0 saturated carbocycles. The molecule has 1 aromatic rings. The predicted octanol–water partition coefficient (Wildman–Crippen LogP) is 2.37. The Kier molecular flexibility index (Phi) is 4.28. The number of nitrogens with one attached hydrogen (secondary N) is 1. The van der Waals surface area contributed by atoms with Crippen molar-refractivity contribution in [2.45, 2.75) is 32.3 Å². The highest BCUT2D eigenvalue weighted by atomic mass is 16.4. The van der Waals surface area contributed by atoms with Crippen LogP contribution >= 0.6 is 0 Å². The quantitative estimate of drug-likeness (QED) is 0.663. The van der Waals surface area contributed by atoms with E-state index in [1.54, 1.807) is 0 Å². The van der Waals surface area contributed by atoms with Crippen LogP contribution < -0.4 is 5.32 Å². The summed E-state index contributed by atoms with van der Waals surface area (Å²) in [7, 11) is 0. The van der Waals surface area contributed by atoms with Gasteiger partial charge in [-0.3, -0.25) is 0 Å². The average molecular weight is 291 g/mol. The number of fused-ring (bicyclic) bond motifs is 1. The molecule has 1 heterocycles. The second kappa shape index (κ2) is 5.97. The maximum Gasteiger partial charge on any atom is 0.352 e. The summed E-state index contributed by atoms with van der Waals surface area (Å²) in [5.41, 5.74) is 1.24. The number of hydrogen-bond acceptors (Lipinski definition) is 4. The Morgan fingerprint density at radius 3 is 2.52 bits per heavy atom. The molecule has 6 nitrogen and oxygen atoms in total. The first-order valence-corrected chi connectivity index (χ1v) is 6.74. The summed E-state index contributed by atoms with van der Waals surface area (Å²) in [6.07, 6.45) is 0.964. The standard InChI is InChI=1S/C15H17NO5/c1-2-3-4-9-12(15(20)21)16-11-6-5-8(14(18)19)7-10(11)13(9)17/h5-7,13,16-17H,2-4H2,1H3,(H,18,19)(H,20,21). The van der Waals surface area contributed by atoms with Gasteiger partial charge in [0.25, 0.3) is 0 Å². The minimum absolute atomic E-state index is 0.0217. The predicted molar refractivity (Wildman–Crippen MR) is 76.2 cm³/mol. The lowest BCUT2D eigenvalue weighted by Crippen LogP contribution is -2.23. The zero-order valence-corrected chi connectivity index (χ0v) is 11.6. The molecule has 112 valence electrons. The molecule has 1 aliphatic rings. The Morgan fingerprint density at radius 1 is 1.24 bits per heavy atom. The van der Waals surface area contributed by atoms with Crippen LogP contribution in [0.1, 0.15) is 48.2 Å². The number of aliphatic carboxylic acids is 1. The van der Waals surface area contributed by atoms with Gasteiger partial charge < -0.3 is 20.6 Å². The van der Waals surface area contributed by atoms with Gasteiger partial charge in [-0.1, -0.05) is 13.3 Å². The van der Waals surface area contributed by atoms with Crippen molar-refractivity contribution in [1.82, 2.24) is 0 Å². The first kappa shape index (κ1) is 15.1. The lowest BCUT2D eigenvalue weighted by molar-refractivity contribution is -0.132. The van der Waals surface area contributed by atoms with Crippen LogP contribution in [0.2, 0.25) is 0 Å². The molecular weight excluding hydrogens is 274 g/mol. The molecule has 1 unspecified atom stereocenters. The minimum Gasteiger partial charge on any atom is -0.478 e. The Labute approximate surface area is 121 Å². The Morgan fingerprint density at radius 2 is 1.95 bits per heavy atom. The molecule has 0 spiro atoms. The van der Waals surface area contributed by atoms with Crippen molar-refractivity contribution < 1.29 is 24.9 Å². The van der Waals surface area contributed by atoms with E-state index in [2.05, 4.69) is 5.32 Å². The van der Waals surface area contributed by atoms with E-state index < -0.39 is 18.0 Å². The van der Waals surface area contributed by atoms with Gasteiger partial charge in [-0.15, -0.1) is 0 Å². The molecule has 0 amide bonds. The third-order valence-corrected chi connectivity index (χ3v) is 3.52. The number of benzene rings is 1. The highest BCUT2D eigenvalue weighted by Gasteiger charge is 2.29. The van der Waals surface area contributed by atoms with Crippen LogP contribution in [0.25, 0.3) is 0 Å². The monoisotopic (exact) mass is 291 g/mol. The van der Waals surface area contributed by atoms with Gasteiger partial charge in [0.15, 0.2) is 0 Å². The van der Waals surface area contributed by atoms with Gasteiger partial charge in [0.1, 0.15) is 11.8 Å². The number of aliphatic hydroxyl groups excluding tert-OH is 1. The van der Waals surface area contributed by atoms with Gasteiger partial charge in [-0.25, -0.2) is 9.59 Å². The molecule has 1 aromatic carbocycles. The highest BCUT2D eigenvalue weighted by Crippen LogP contribution is 2.38. The zero-order valence-electron chi connectivity index (χ0n) is 11.6. The third kappa shape index (κ3) is 2.90. The van der Waals surface area contributed by atoms with Crippen molar-refractivity contribution in [3.63, 3.8) is 0 Å². The van der Waals surface area contributed by atoms with E-state index in [1.165, 1.54) is 18.2 Å². The topological polar surface area (TPSA) is 107 Å².